The van der Waals surface area contributed by atoms with Gasteiger partial charge in [-0.25, -0.2) is 0 Å². The first-order valence-corrected chi connectivity index (χ1v) is 40.7. The van der Waals surface area contributed by atoms with Gasteiger partial charge in [-0.2, -0.15) is 0 Å². The zero-order valence-electron chi connectivity index (χ0n) is 69.2. The van der Waals surface area contributed by atoms with E-state index >= 15 is 0 Å². The van der Waals surface area contributed by atoms with Gasteiger partial charge < -0.3 is 0 Å². The molecule has 560 valence electrons. The molecule has 0 aliphatic rings. The van der Waals surface area contributed by atoms with Crippen molar-refractivity contribution < 1.29 is 0 Å². The van der Waals surface area contributed by atoms with Crippen LogP contribution < -0.4 is 0 Å². The van der Waals surface area contributed by atoms with Gasteiger partial charge in [-0.3, -0.25) is 0 Å². The molecule has 0 saturated heterocycles. The molecule has 0 amide bonds. The predicted molar refractivity (Wildman–Crippen MR) is 492 cm³/mol. The van der Waals surface area contributed by atoms with E-state index in [-0.39, 0.29) is 5.41 Å². The third-order valence-electron chi connectivity index (χ3n) is 20.5. The van der Waals surface area contributed by atoms with Gasteiger partial charge in [0.2, 0.25) is 0 Å². The Hall–Kier alpha value is -8.22. The molecule has 13 aromatic carbocycles. The van der Waals surface area contributed by atoms with E-state index in [2.05, 4.69) is 486 Å². The first-order valence-electron chi connectivity index (χ1n) is 37.5. The van der Waals surface area contributed by atoms with Gasteiger partial charge in [-0.1, -0.05) is 352 Å². The molecule has 0 radical (unpaired) electrons. The van der Waals surface area contributed by atoms with Crippen molar-refractivity contribution in [3.05, 3.63) is 406 Å². The van der Waals surface area contributed by atoms with Crippen molar-refractivity contribution >= 4 is 63.7 Å². The van der Waals surface area contributed by atoms with Crippen LogP contribution >= 0.6 is 63.7 Å². The van der Waals surface area contributed by atoms with E-state index in [4.69, 9.17) is 0 Å². The molecule has 0 aliphatic heterocycles. The SMILES string of the molecule is Cc1c(Br)cc(C(C)(C)c2cc(Br)c(C)c(Br)c2)cc1Br.Cc1cc(-c2cc(C)c(C)c(C)c2)cc(C)c1C.Cc1ccc(-c2ccc(C)c(C)c2)cc1C.Cc1ccc(-c2ccc(C)cc2)cc1.Cc1ccc(-c2ccc(C)cc2)cc1.Cc1ccc(C)c(C)c1.Cc1ccc(C)cc1.Cc1cccc(C)c1. The standard InChI is InChI=1S/C18H22.C17H16Br4.C16H18.2C14H14.C9H12.2C8H10/c1-11-7-17(8-12(2)15(11)5)18-9-13(3)16(6)14(4)10-18;1-9-13(18)5-11(6-14(9)19)17(3,4)12-7-15(20)10(2)16(21)8-12;1-11-5-7-15(9-13(11)3)16-8-6-12(2)14(4)10-16;2*1-11-3-7-13(8-4-11)14-9-5-12(2)6-10-14;1-7-4-5-8(2)9(3)6-7;1-7-3-5-8(2)6-4-7;1-7-4-3-5-8(2)6-7/h7-10H,1-6H3;5-8H,1-4H3;5-10H,1-4H3;2*3-10H,1-2H3;4-6H,1-3H3;2*3-6H,1-2H3. The molecule has 0 aromatic heterocycles. The van der Waals surface area contributed by atoms with E-state index in [1.807, 2.05) is 0 Å². The molecule has 0 N–H and O–H groups in total. The van der Waals surface area contributed by atoms with Crippen LogP contribution in [0.15, 0.2) is 267 Å². The van der Waals surface area contributed by atoms with E-state index in [0.29, 0.717) is 0 Å². The highest BCUT2D eigenvalue weighted by molar-refractivity contribution is 9.11. The van der Waals surface area contributed by atoms with Crippen molar-refractivity contribution in [2.24, 2.45) is 0 Å². The summed E-state index contributed by atoms with van der Waals surface area (Å²) in [6, 6.07) is 89.3. The van der Waals surface area contributed by atoms with E-state index in [1.165, 1.54) is 184 Å². The van der Waals surface area contributed by atoms with Crippen molar-refractivity contribution in [2.75, 3.05) is 0 Å². The number of halogens is 4. The van der Waals surface area contributed by atoms with Crippen LogP contribution in [0.1, 0.15) is 153 Å². The molecule has 0 heterocycles. The van der Waals surface area contributed by atoms with Gasteiger partial charge in [0.05, 0.1) is 0 Å². The second-order valence-corrected chi connectivity index (χ2v) is 33.6. The summed E-state index contributed by atoms with van der Waals surface area (Å²) in [4.78, 5) is 0. The van der Waals surface area contributed by atoms with Gasteiger partial charge in [0.15, 0.2) is 0 Å². The van der Waals surface area contributed by atoms with E-state index in [1.54, 1.807) is 0 Å². The summed E-state index contributed by atoms with van der Waals surface area (Å²) in [5.74, 6) is 0. The second kappa shape index (κ2) is 42.1. The fraction of sp³-hybridized carbons (Fsp3) is 0.250. The molecule has 0 nitrogen and oxygen atoms in total. The van der Waals surface area contributed by atoms with E-state index < -0.39 is 0 Å². The normalized spacial score (nSPS) is 10.5. The largest absolute Gasteiger partial charge is 0.0617 e. The number of benzene rings is 13. The highest BCUT2D eigenvalue weighted by atomic mass is 79.9. The van der Waals surface area contributed by atoms with E-state index in [0.717, 1.165) is 17.9 Å². The van der Waals surface area contributed by atoms with Gasteiger partial charge in [-0.05, 0) is 317 Å². The highest BCUT2D eigenvalue weighted by Crippen LogP contribution is 2.40. The van der Waals surface area contributed by atoms with Crippen molar-refractivity contribution in [1.82, 2.24) is 0 Å². The van der Waals surface area contributed by atoms with Crippen LogP contribution in [0.5, 0.6) is 0 Å². The molecule has 4 heteroatoms. The summed E-state index contributed by atoms with van der Waals surface area (Å²) in [6.45, 7) is 53.7. The summed E-state index contributed by atoms with van der Waals surface area (Å²) in [7, 11) is 0. The van der Waals surface area contributed by atoms with Crippen LogP contribution in [0.4, 0.5) is 0 Å². The number of aryl methyl sites for hydroxylation is 19. The third-order valence-corrected chi connectivity index (χ3v) is 23.8. The van der Waals surface area contributed by atoms with E-state index in [9.17, 15) is 0 Å². The quantitative estimate of drug-likeness (QED) is 0.156. The number of hydrogen-bond donors (Lipinski definition) is 0. The highest BCUT2D eigenvalue weighted by Gasteiger charge is 2.26. The lowest BCUT2D eigenvalue weighted by molar-refractivity contribution is 0.638. The smallest absolute Gasteiger partial charge is 0.0218 e. The maximum Gasteiger partial charge on any atom is 0.0218 e. The molecule has 13 aromatic rings. The average Bonchev–Trinajstić information content (AvgIpc) is 0.764. The Morgan fingerprint density at radius 1 is 0.167 bits per heavy atom. The molecule has 0 spiro atoms. The summed E-state index contributed by atoms with van der Waals surface area (Å²) in [6.07, 6.45) is 0. The lowest BCUT2D eigenvalue weighted by atomic mass is 9.78. The average molecular weight is 1690 g/mol. The van der Waals surface area contributed by atoms with Crippen LogP contribution in [0.3, 0.4) is 0 Å². The van der Waals surface area contributed by atoms with Crippen molar-refractivity contribution in [3.63, 3.8) is 0 Å². The van der Waals surface area contributed by atoms with Gasteiger partial charge in [0, 0.05) is 23.3 Å². The van der Waals surface area contributed by atoms with Crippen LogP contribution in [0.25, 0.3) is 44.5 Å². The minimum Gasteiger partial charge on any atom is -0.0617 e. The van der Waals surface area contributed by atoms with Gasteiger partial charge in [0.1, 0.15) is 0 Å². The Bertz CT molecular complexity index is 4600. The molecule has 0 atom stereocenters. The summed E-state index contributed by atoms with van der Waals surface area (Å²) >= 11 is 14.6. The number of hydrogen-bond acceptors (Lipinski definition) is 0. The van der Waals surface area contributed by atoms with Crippen LogP contribution in [-0.4, -0.2) is 0 Å². The minimum absolute atomic E-state index is 0.0858. The van der Waals surface area contributed by atoms with Gasteiger partial charge >= 0.3 is 0 Å². The Labute approximate surface area is 686 Å². The fourth-order valence-electron chi connectivity index (χ4n) is 11.7. The molecule has 0 fully saturated rings. The molecule has 0 aliphatic carbocycles. The zero-order valence-corrected chi connectivity index (χ0v) is 75.5. The molecule has 0 unspecified atom stereocenters. The Morgan fingerprint density at radius 3 is 0.593 bits per heavy atom. The molecule has 13 rings (SSSR count). The fourth-order valence-corrected chi connectivity index (χ4v) is 14.1. The molecule has 0 bridgehead atoms. The Morgan fingerprint density at radius 2 is 0.370 bits per heavy atom. The maximum atomic E-state index is 3.65. The summed E-state index contributed by atoms with van der Waals surface area (Å²) < 4.78 is 4.52. The summed E-state index contributed by atoms with van der Waals surface area (Å²) in [5.41, 5.74) is 43.7. The Balaban J connectivity index is 0.000000197. The van der Waals surface area contributed by atoms with Crippen LogP contribution in [0, 0.1) is 159 Å². The number of rotatable bonds is 6. The molecular formula is C104H116Br4. The second-order valence-electron chi connectivity index (χ2n) is 30.2. The maximum absolute atomic E-state index is 3.65. The van der Waals surface area contributed by atoms with Gasteiger partial charge in [-0.15, -0.1) is 0 Å². The van der Waals surface area contributed by atoms with Crippen molar-refractivity contribution in [2.45, 2.75) is 179 Å². The topological polar surface area (TPSA) is 0 Å². The van der Waals surface area contributed by atoms with Gasteiger partial charge in [0.25, 0.3) is 0 Å². The van der Waals surface area contributed by atoms with Crippen LogP contribution in [0.2, 0.25) is 0 Å². The first kappa shape index (κ1) is 88.7. The molecular weight excluding hydrogens is 1570 g/mol. The predicted octanol–water partition coefficient (Wildman–Crippen LogP) is 32.6. The summed E-state index contributed by atoms with van der Waals surface area (Å²) in [5, 5.41) is 0. The first-order chi connectivity index (χ1) is 50.9. The Kier molecular flexibility index (Phi) is 34.6. The lowest BCUT2D eigenvalue weighted by Gasteiger charge is -2.28. The lowest BCUT2D eigenvalue weighted by Crippen LogP contribution is -2.19. The van der Waals surface area contributed by atoms with Crippen molar-refractivity contribution in [1.29, 1.82) is 0 Å². The van der Waals surface area contributed by atoms with Crippen molar-refractivity contribution in [3.8, 4) is 44.5 Å². The molecule has 0 saturated carbocycles. The third kappa shape index (κ3) is 27.4. The molecule has 108 heavy (non-hydrogen) atoms. The minimum atomic E-state index is -0.0858. The zero-order chi connectivity index (χ0) is 79.9. The monoisotopic (exact) mass is 1680 g/mol. The van der Waals surface area contributed by atoms with Crippen LogP contribution in [-0.2, 0) is 5.41 Å².